The highest BCUT2D eigenvalue weighted by Gasteiger charge is 2.65. The Hall–Kier alpha value is -0.770. The molecule has 0 saturated carbocycles. The maximum Gasteiger partial charge on any atom is 0.340 e. The molecule has 0 aromatic carbocycles. The fourth-order valence-electron chi connectivity index (χ4n) is 4.77. The van der Waals surface area contributed by atoms with Gasteiger partial charge in [-0.1, -0.05) is 59.3 Å². The molecule has 0 spiro atoms. The van der Waals surface area contributed by atoms with E-state index in [4.69, 9.17) is 15.3 Å². The lowest BCUT2D eigenvalue weighted by Crippen LogP contribution is -2.59. The molecule has 4 N–H and O–H groups in total. The third kappa shape index (κ3) is 7.37. The Labute approximate surface area is 194 Å². The number of aliphatic hydroxyl groups is 3. The number of carboxylic acids is 1. The van der Waals surface area contributed by atoms with Crippen molar-refractivity contribution in [3.05, 3.63) is 0 Å². The van der Waals surface area contributed by atoms with E-state index in [-0.39, 0.29) is 13.2 Å². The van der Waals surface area contributed by atoms with Gasteiger partial charge in [0.1, 0.15) is 6.10 Å². The van der Waals surface area contributed by atoms with Crippen molar-refractivity contribution < 1.29 is 25.2 Å². The molecule has 3 fully saturated rings. The van der Waals surface area contributed by atoms with Crippen LogP contribution in [0.1, 0.15) is 78.6 Å². The molecule has 3 aliphatic heterocycles. The van der Waals surface area contributed by atoms with Crippen LogP contribution >= 0.6 is 0 Å². The van der Waals surface area contributed by atoms with Crippen LogP contribution in [0.25, 0.3) is 0 Å². The summed E-state index contributed by atoms with van der Waals surface area (Å²) in [5.74, 6) is -0.614. The molecular weight excluding hydrogens is 410 g/mol. The van der Waals surface area contributed by atoms with Crippen molar-refractivity contribution in [2.75, 3.05) is 39.4 Å². The second-order valence-corrected chi connectivity index (χ2v) is 9.76. The summed E-state index contributed by atoms with van der Waals surface area (Å²) in [6.45, 7) is 9.67. The van der Waals surface area contributed by atoms with E-state index in [9.17, 15) is 9.90 Å². The first-order valence-electron chi connectivity index (χ1n) is 12.8. The van der Waals surface area contributed by atoms with Crippen LogP contribution < -0.4 is 0 Å². The van der Waals surface area contributed by atoms with Gasteiger partial charge in [-0.2, -0.15) is 0 Å². The molecule has 6 unspecified atom stereocenters. The first kappa shape index (κ1) is 27.5. The van der Waals surface area contributed by atoms with Gasteiger partial charge in [-0.15, -0.1) is 0 Å². The third-order valence-electron chi connectivity index (χ3n) is 7.07. The van der Waals surface area contributed by atoms with Gasteiger partial charge in [0.25, 0.3) is 0 Å². The first-order chi connectivity index (χ1) is 15.4. The van der Waals surface area contributed by atoms with E-state index >= 15 is 0 Å². The molecule has 0 radical (unpaired) electrons. The Morgan fingerprint density at radius 2 is 1.28 bits per heavy atom. The zero-order chi connectivity index (χ0) is 23.7. The van der Waals surface area contributed by atoms with Crippen LogP contribution in [0.2, 0.25) is 0 Å². The summed E-state index contributed by atoms with van der Waals surface area (Å²) in [4.78, 5) is 19.6. The van der Waals surface area contributed by atoms with Crippen molar-refractivity contribution in [3.63, 3.8) is 0 Å². The SMILES string of the molecule is CCCCC1CN1CC(C(=O)O)(N1CC1CCCC)N1CC1CCCC.OCC(O)CO. The lowest BCUT2D eigenvalue weighted by atomic mass is 10.1. The van der Waals surface area contributed by atoms with Gasteiger partial charge in [-0.25, -0.2) is 4.79 Å². The van der Waals surface area contributed by atoms with E-state index in [1.54, 1.807) is 0 Å². The molecule has 3 saturated heterocycles. The monoisotopic (exact) mass is 457 g/mol. The molecule has 0 aromatic rings. The maximum absolute atomic E-state index is 12.6. The maximum atomic E-state index is 12.6. The van der Waals surface area contributed by atoms with E-state index < -0.39 is 17.7 Å². The van der Waals surface area contributed by atoms with Crippen molar-refractivity contribution in [1.82, 2.24) is 14.7 Å². The minimum atomic E-state index is -0.954. The molecule has 0 bridgehead atoms. The number of carboxylic acid groups (broad SMARTS) is 1. The standard InChI is InChI=1S/C21H39N3O2.C3H8O3/c1-4-7-10-17-13-22(17)16-21(20(25)26,23-14-18(23)11-8-5-2)24-15-19(24)12-9-6-3;4-1-3(6)2-5/h17-19H,4-16H2,1-3H3,(H,25,26);3-6H,1-2H2. The highest BCUT2D eigenvalue weighted by molar-refractivity contribution is 5.80. The predicted octanol–water partition coefficient (Wildman–Crippen LogP) is 1.72. The molecule has 8 nitrogen and oxygen atoms in total. The molecule has 3 aliphatic rings. The summed E-state index contributed by atoms with van der Waals surface area (Å²) in [5.41, 5.74) is -0.766. The molecular formula is C24H47N3O5. The van der Waals surface area contributed by atoms with Crippen LogP contribution in [0.3, 0.4) is 0 Å². The average Bonchev–Trinajstić information content (AvgIpc) is 3.67. The topological polar surface area (TPSA) is 107 Å². The fourth-order valence-corrected chi connectivity index (χ4v) is 4.77. The summed E-state index contributed by atoms with van der Waals surface area (Å²) in [6.07, 6.45) is 9.86. The van der Waals surface area contributed by atoms with Crippen molar-refractivity contribution >= 4 is 5.97 Å². The first-order valence-corrected chi connectivity index (χ1v) is 12.8. The van der Waals surface area contributed by atoms with Crippen LogP contribution in [-0.4, -0.2) is 110 Å². The Bertz CT molecular complexity index is 538. The van der Waals surface area contributed by atoms with Gasteiger partial charge in [-0.3, -0.25) is 14.7 Å². The summed E-state index contributed by atoms with van der Waals surface area (Å²) >= 11 is 0. The van der Waals surface area contributed by atoms with Gasteiger partial charge < -0.3 is 20.4 Å². The lowest BCUT2D eigenvalue weighted by Gasteiger charge is -2.35. The molecule has 3 rings (SSSR count). The molecule has 0 aliphatic carbocycles. The lowest BCUT2D eigenvalue weighted by molar-refractivity contribution is -0.156. The van der Waals surface area contributed by atoms with Crippen LogP contribution in [-0.2, 0) is 4.79 Å². The number of carbonyl (C=O) groups is 1. The molecule has 0 amide bonds. The van der Waals surface area contributed by atoms with Gasteiger partial charge in [0.2, 0.25) is 0 Å². The molecule has 6 atom stereocenters. The van der Waals surface area contributed by atoms with Gasteiger partial charge in [0.05, 0.1) is 13.2 Å². The summed E-state index contributed by atoms with van der Waals surface area (Å²) < 4.78 is 0. The predicted molar refractivity (Wildman–Crippen MR) is 125 cm³/mol. The average molecular weight is 458 g/mol. The molecule has 3 heterocycles. The molecule has 188 valence electrons. The minimum Gasteiger partial charge on any atom is -0.479 e. The summed E-state index contributed by atoms with van der Waals surface area (Å²) in [7, 11) is 0. The number of rotatable bonds is 16. The van der Waals surface area contributed by atoms with Crippen LogP contribution in [0, 0.1) is 0 Å². The number of aliphatic hydroxyl groups excluding tert-OH is 3. The second kappa shape index (κ2) is 13.2. The normalized spacial score (nSPS) is 32.1. The number of unbranched alkanes of at least 4 members (excludes halogenated alkanes) is 3. The zero-order valence-corrected chi connectivity index (χ0v) is 20.5. The van der Waals surface area contributed by atoms with Gasteiger partial charge in [0, 0.05) is 44.3 Å². The third-order valence-corrected chi connectivity index (χ3v) is 7.07. The molecule has 8 heteroatoms. The Morgan fingerprint density at radius 1 is 0.844 bits per heavy atom. The molecule has 0 aromatic heterocycles. The Morgan fingerprint density at radius 3 is 1.62 bits per heavy atom. The Kier molecular flexibility index (Phi) is 11.3. The van der Waals surface area contributed by atoms with E-state index in [0.29, 0.717) is 24.7 Å². The van der Waals surface area contributed by atoms with Crippen LogP contribution in [0.15, 0.2) is 0 Å². The quantitative estimate of drug-likeness (QED) is 0.260. The minimum absolute atomic E-state index is 0.365. The zero-order valence-electron chi connectivity index (χ0n) is 20.5. The summed E-state index contributed by atoms with van der Waals surface area (Å²) in [6, 6.07) is 1.58. The Balaban J connectivity index is 0.000000534. The number of hydrogen-bond acceptors (Lipinski definition) is 7. The van der Waals surface area contributed by atoms with E-state index in [2.05, 4.69) is 35.5 Å². The number of hydrogen-bond donors (Lipinski definition) is 4. The number of aliphatic carboxylic acids is 1. The largest absolute Gasteiger partial charge is 0.479 e. The highest BCUT2D eigenvalue weighted by Crippen LogP contribution is 2.44. The van der Waals surface area contributed by atoms with Crippen molar-refractivity contribution in [2.24, 2.45) is 0 Å². The number of nitrogens with zero attached hydrogens (tertiary/aromatic N) is 3. The van der Waals surface area contributed by atoms with Crippen molar-refractivity contribution in [2.45, 2.75) is 108 Å². The van der Waals surface area contributed by atoms with Gasteiger partial charge >= 0.3 is 5.97 Å². The smallest absolute Gasteiger partial charge is 0.340 e. The van der Waals surface area contributed by atoms with Crippen molar-refractivity contribution in [3.8, 4) is 0 Å². The van der Waals surface area contributed by atoms with Gasteiger partial charge in [0.15, 0.2) is 5.66 Å². The van der Waals surface area contributed by atoms with E-state index in [1.165, 1.54) is 44.9 Å². The van der Waals surface area contributed by atoms with E-state index in [0.717, 1.165) is 32.5 Å². The highest BCUT2D eigenvalue weighted by atomic mass is 16.4. The van der Waals surface area contributed by atoms with Crippen LogP contribution in [0.4, 0.5) is 0 Å². The van der Waals surface area contributed by atoms with E-state index in [1.807, 2.05) is 0 Å². The van der Waals surface area contributed by atoms with Crippen LogP contribution in [0.5, 0.6) is 0 Å². The van der Waals surface area contributed by atoms with Crippen molar-refractivity contribution in [1.29, 1.82) is 0 Å². The van der Waals surface area contributed by atoms with Gasteiger partial charge in [-0.05, 0) is 19.3 Å². The second-order valence-electron chi connectivity index (χ2n) is 9.76. The fraction of sp³-hybridized carbons (Fsp3) is 0.958. The molecule has 32 heavy (non-hydrogen) atoms. The summed E-state index contributed by atoms with van der Waals surface area (Å²) in [5, 5.41) is 34.4.